The molecule has 2 rings (SSSR count). The van der Waals surface area contributed by atoms with Gasteiger partial charge in [-0.2, -0.15) is 13.2 Å². The largest absolute Gasteiger partial charge is 0.477 e. The molecule has 1 fully saturated rings. The predicted octanol–water partition coefficient (Wildman–Crippen LogP) is 2.99. The Morgan fingerprint density at radius 2 is 2.11 bits per heavy atom. The number of ether oxygens (including phenoxy) is 1. The minimum Gasteiger partial charge on any atom is -0.477 e. The van der Waals surface area contributed by atoms with Crippen LogP contribution in [-0.2, 0) is 0 Å². The fraction of sp³-hybridized carbons (Fsp3) is 0.500. The van der Waals surface area contributed by atoms with Crippen molar-refractivity contribution in [2.75, 3.05) is 0 Å². The number of carboxylic acid groups (broad SMARTS) is 1. The van der Waals surface area contributed by atoms with Crippen LogP contribution in [0.4, 0.5) is 13.2 Å². The monoisotopic (exact) mass is 275 g/mol. The van der Waals surface area contributed by atoms with E-state index in [1.807, 2.05) is 0 Å². The molecule has 1 aromatic heterocycles. The van der Waals surface area contributed by atoms with Crippen molar-refractivity contribution in [2.45, 2.75) is 38.0 Å². The van der Waals surface area contributed by atoms with Gasteiger partial charge in [0.1, 0.15) is 0 Å². The molecule has 4 nitrogen and oxygen atoms in total. The van der Waals surface area contributed by atoms with Gasteiger partial charge in [0.05, 0.1) is 0 Å². The molecule has 0 aliphatic heterocycles. The fourth-order valence-corrected chi connectivity index (χ4v) is 1.60. The zero-order chi connectivity index (χ0) is 14.2. The lowest BCUT2D eigenvalue weighted by atomic mass is 10.1. The third-order valence-corrected chi connectivity index (χ3v) is 2.88. The van der Waals surface area contributed by atoms with Gasteiger partial charge in [0.25, 0.3) is 0 Å². The molecule has 0 aromatic carbocycles. The van der Waals surface area contributed by atoms with Crippen molar-refractivity contribution in [2.24, 2.45) is 0 Å². The molecule has 19 heavy (non-hydrogen) atoms. The number of nitrogens with zero attached hydrogens (tertiary/aromatic N) is 1. The second-order valence-corrected chi connectivity index (χ2v) is 4.47. The lowest BCUT2D eigenvalue weighted by Crippen LogP contribution is -2.32. The minimum atomic E-state index is -4.51. The highest BCUT2D eigenvalue weighted by atomic mass is 19.4. The van der Waals surface area contributed by atoms with E-state index in [4.69, 9.17) is 9.84 Å². The standard InChI is InChI=1S/C12H12F3NO3/c1-6(12(13,14)15)19-10-8(7-2-3-7)4-5-9(16-10)11(17)18/h4-7H,2-3H2,1H3,(H,17,18). The Morgan fingerprint density at radius 1 is 1.47 bits per heavy atom. The summed E-state index contributed by atoms with van der Waals surface area (Å²) in [5, 5.41) is 8.81. The van der Waals surface area contributed by atoms with Gasteiger partial charge in [-0.05, 0) is 31.7 Å². The van der Waals surface area contributed by atoms with Crippen LogP contribution in [0.15, 0.2) is 12.1 Å². The van der Waals surface area contributed by atoms with Crippen molar-refractivity contribution in [1.82, 2.24) is 4.98 Å². The summed E-state index contributed by atoms with van der Waals surface area (Å²) in [4.78, 5) is 14.5. The Labute approximate surface area is 107 Å². The maximum absolute atomic E-state index is 12.5. The number of aromatic nitrogens is 1. The average Bonchev–Trinajstić information content (AvgIpc) is 3.11. The summed E-state index contributed by atoms with van der Waals surface area (Å²) in [6.45, 7) is 0.867. The van der Waals surface area contributed by atoms with Gasteiger partial charge in [0, 0.05) is 5.56 Å². The number of carbonyl (C=O) groups is 1. The molecule has 1 unspecified atom stereocenters. The van der Waals surface area contributed by atoms with Gasteiger partial charge in [-0.15, -0.1) is 0 Å². The molecule has 0 saturated heterocycles. The Kier molecular flexibility index (Phi) is 3.38. The van der Waals surface area contributed by atoms with Crippen LogP contribution < -0.4 is 4.74 Å². The lowest BCUT2D eigenvalue weighted by Gasteiger charge is -2.19. The van der Waals surface area contributed by atoms with Crippen molar-refractivity contribution in [3.63, 3.8) is 0 Å². The van der Waals surface area contributed by atoms with Crippen LogP contribution in [0.3, 0.4) is 0 Å². The van der Waals surface area contributed by atoms with Crippen LogP contribution in [-0.4, -0.2) is 28.3 Å². The summed E-state index contributed by atoms with van der Waals surface area (Å²) in [6, 6.07) is 2.76. The molecule has 0 amide bonds. The number of halogens is 3. The molecule has 0 radical (unpaired) electrons. The van der Waals surface area contributed by atoms with Crippen LogP contribution in [0.5, 0.6) is 5.88 Å². The molecule has 0 bridgehead atoms. The zero-order valence-electron chi connectivity index (χ0n) is 10.1. The van der Waals surface area contributed by atoms with E-state index in [1.54, 1.807) is 0 Å². The fourth-order valence-electron chi connectivity index (χ4n) is 1.60. The summed E-state index contributed by atoms with van der Waals surface area (Å²) in [5.41, 5.74) is 0.217. The third kappa shape index (κ3) is 3.15. The van der Waals surface area contributed by atoms with Crippen molar-refractivity contribution in [1.29, 1.82) is 0 Å². The number of pyridine rings is 1. The quantitative estimate of drug-likeness (QED) is 0.917. The van der Waals surface area contributed by atoms with E-state index < -0.39 is 18.2 Å². The second kappa shape index (κ2) is 4.71. The van der Waals surface area contributed by atoms with Crippen LogP contribution >= 0.6 is 0 Å². The second-order valence-electron chi connectivity index (χ2n) is 4.47. The molecule has 1 N–H and O–H groups in total. The normalized spacial score (nSPS) is 17.1. The molecule has 1 aromatic rings. The summed E-state index contributed by atoms with van der Waals surface area (Å²) in [6.07, 6.45) is -4.83. The van der Waals surface area contributed by atoms with Gasteiger partial charge in [0.2, 0.25) is 5.88 Å². The van der Waals surface area contributed by atoms with Gasteiger partial charge in [-0.1, -0.05) is 6.07 Å². The molecule has 104 valence electrons. The van der Waals surface area contributed by atoms with E-state index in [0.29, 0.717) is 5.56 Å². The molecule has 1 heterocycles. The van der Waals surface area contributed by atoms with Crippen LogP contribution in [0.2, 0.25) is 0 Å². The highest BCUT2D eigenvalue weighted by Gasteiger charge is 2.39. The maximum Gasteiger partial charge on any atom is 0.425 e. The third-order valence-electron chi connectivity index (χ3n) is 2.88. The first-order valence-corrected chi connectivity index (χ1v) is 5.76. The molecule has 0 spiro atoms. The smallest absolute Gasteiger partial charge is 0.425 e. The van der Waals surface area contributed by atoms with E-state index in [1.165, 1.54) is 12.1 Å². The van der Waals surface area contributed by atoms with Gasteiger partial charge >= 0.3 is 12.1 Å². The Balaban J connectivity index is 2.30. The van der Waals surface area contributed by atoms with Crippen molar-refractivity contribution >= 4 is 5.97 Å². The highest BCUT2D eigenvalue weighted by Crippen LogP contribution is 2.44. The number of alkyl halides is 3. The first kappa shape index (κ1) is 13.6. The predicted molar refractivity (Wildman–Crippen MR) is 59.3 cm³/mol. The first-order valence-electron chi connectivity index (χ1n) is 5.76. The van der Waals surface area contributed by atoms with Gasteiger partial charge in [0.15, 0.2) is 11.8 Å². The molecular formula is C12H12F3NO3. The highest BCUT2D eigenvalue weighted by molar-refractivity contribution is 5.85. The number of rotatable bonds is 4. The lowest BCUT2D eigenvalue weighted by molar-refractivity contribution is -0.190. The van der Waals surface area contributed by atoms with Gasteiger partial charge < -0.3 is 9.84 Å². The van der Waals surface area contributed by atoms with E-state index in [2.05, 4.69) is 4.98 Å². The molecule has 1 atom stereocenters. The van der Waals surface area contributed by atoms with E-state index in [9.17, 15) is 18.0 Å². The Bertz CT molecular complexity index is 497. The van der Waals surface area contributed by atoms with E-state index in [-0.39, 0.29) is 17.5 Å². The van der Waals surface area contributed by atoms with Crippen molar-refractivity contribution < 1.29 is 27.8 Å². The summed E-state index contributed by atoms with van der Waals surface area (Å²) in [5.74, 6) is -1.41. The Morgan fingerprint density at radius 3 is 2.58 bits per heavy atom. The summed E-state index contributed by atoms with van der Waals surface area (Å²) >= 11 is 0. The molecule has 1 aliphatic rings. The number of carboxylic acids is 1. The van der Waals surface area contributed by atoms with Crippen LogP contribution in [0.25, 0.3) is 0 Å². The zero-order valence-corrected chi connectivity index (χ0v) is 10.1. The number of hydrogen-bond donors (Lipinski definition) is 1. The van der Waals surface area contributed by atoms with Crippen LogP contribution in [0, 0.1) is 0 Å². The first-order chi connectivity index (χ1) is 8.79. The molecule has 7 heteroatoms. The Hall–Kier alpha value is -1.79. The number of hydrogen-bond acceptors (Lipinski definition) is 3. The summed E-state index contributed by atoms with van der Waals surface area (Å²) < 4.78 is 42.2. The minimum absolute atomic E-state index is 0.116. The average molecular weight is 275 g/mol. The maximum atomic E-state index is 12.5. The number of aromatic carboxylic acids is 1. The van der Waals surface area contributed by atoms with Gasteiger partial charge in [-0.25, -0.2) is 9.78 Å². The SMILES string of the molecule is CC(Oc1nc(C(=O)O)ccc1C1CC1)C(F)(F)F. The van der Waals surface area contributed by atoms with Crippen molar-refractivity contribution in [3.05, 3.63) is 23.4 Å². The van der Waals surface area contributed by atoms with Crippen molar-refractivity contribution in [3.8, 4) is 5.88 Å². The molecular weight excluding hydrogens is 263 g/mol. The summed E-state index contributed by atoms with van der Waals surface area (Å²) in [7, 11) is 0. The van der Waals surface area contributed by atoms with Crippen LogP contribution in [0.1, 0.15) is 41.7 Å². The van der Waals surface area contributed by atoms with E-state index >= 15 is 0 Å². The van der Waals surface area contributed by atoms with E-state index in [0.717, 1.165) is 19.8 Å². The molecule has 1 saturated carbocycles. The molecule has 1 aliphatic carbocycles. The van der Waals surface area contributed by atoms with Gasteiger partial charge in [-0.3, -0.25) is 0 Å². The topological polar surface area (TPSA) is 59.4 Å².